The number of rotatable bonds is 9. The van der Waals surface area contributed by atoms with Crippen molar-refractivity contribution in [1.82, 2.24) is 20.9 Å². The minimum atomic E-state index is -0.652. The first-order chi connectivity index (χ1) is 11.4. The quantitative estimate of drug-likeness (QED) is 0.362. The molecule has 9 nitrogen and oxygen atoms in total. The van der Waals surface area contributed by atoms with Gasteiger partial charge in [0.2, 0.25) is 17.7 Å². The molecule has 1 aliphatic rings. The third-order valence-electron chi connectivity index (χ3n) is 3.74. The largest absolute Gasteiger partial charge is 0.379 e. The molecule has 1 heterocycles. The van der Waals surface area contributed by atoms with Crippen molar-refractivity contribution in [2.24, 2.45) is 11.7 Å². The topological polar surface area (TPSA) is 126 Å². The van der Waals surface area contributed by atoms with Crippen LogP contribution in [0.4, 0.5) is 0 Å². The van der Waals surface area contributed by atoms with E-state index in [4.69, 9.17) is 10.5 Å². The van der Waals surface area contributed by atoms with Crippen molar-refractivity contribution in [1.29, 1.82) is 0 Å². The number of amides is 3. The Balaban J connectivity index is 0. The molecule has 5 N–H and O–H groups in total. The SMILES string of the molecule is CC(C)[C@H](N)C(=O)NCC(=O)NCC(=O)NCCN1CCOCC1.Cl.Cl. The molecule has 1 rings (SSSR count). The number of nitrogens with zero attached hydrogens (tertiary/aromatic N) is 1. The Kier molecular flexibility index (Phi) is 15.6. The van der Waals surface area contributed by atoms with Gasteiger partial charge in [-0.2, -0.15) is 0 Å². The maximum atomic E-state index is 11.6. The van der Waals surface area contributed by atoms with Crippen molar-refractivity contribution >= 4 is 42.5 Å². The lowest BCUT2D eigenvalue weighted by Gasteiger charge is -2.26. The summed E-state index contributed by atoms with van der Waals surface area (Å²) in [7, 11) is 0. The Bertz CT molecular complexity index is 434. The zero-order chi connectivity index (χ0) is 17.9. The lowest BCUT2D eigenvalue weighted by molar-refractivity contribution is -0.128. The summed E-state index contributed by atoms with van der Waals surface area (Å²) in [4.78, 5) is 37.1. The molecule has 26 heavy (non-hydrogen) atoms. The minimum absolute atomic E-state index is 0. The zero-order valence-electron chi connectivity index (χ0n) is 15.3. The number of ether oxygens (including phenoxy) is 1. The summed E-state index contributed by atoms with van der Waals surface area (Å²) in [5.41, 5.74) is 5.67. The van der Waals surface area contributed by atoms with Gasteiger partial charge in [-0.3, -0.25) is 19.3 Å². The summed E-state index contributed by atoms with van der Waals surface area (Å²) in [6.07, 6.45) is 0. The van der Waals surface area contributed by atoms with E-state index in [1.165, 1.54) is 0 Å². The van der Waals surface area contributed by atoms with E-state index in [1.54, 1.807) is 0 Å². The first-order valence-electron chi connectivity index (χ1n) is 8.27. The van der Waals surface area contributed by atoms with Gasteiger partial charge in [-0.05, 0) is 5.92 Å². The van der Waals surface area contributed by atoms with Crippen LogP contribution in [0.2, 0.25) is 0 Å². The van der Waals surface area contributed by atoms with Crippen LogP contribution in [-0.2, 0) is 19.1 Å². The van der Waals surface area contributed by atoms with E-state index in [1.807, 2.05) is 13.8 Å². The maximum Gasteiger partial charge on any atom is 0.239 e. The predicted molar refractivity (Wildman–Crippen MR) is 104 cm³/mol. The molecule has 1 atom stereocenters. The maximum absolute atomic E-state index is 11.6. The van der Waals surface area contributed by atoms with Crippen molar-refractivity contribution in [3.63, 3.8) is 0 Å². The summed E-state index contributed by atoms with van der Waals surface area (Å²) in [5.74, 6) is -1.08. The summed E-state index contributed by atoms with van der Waals surface area (Å²) in [5, 5.41) is 7.64. The van der Waals surface area contributed by atoms with E-state index in [0.29, 0.717) is 6.54 Å². The number of nitrogens with two attached hydrogens (primary N) is 1. The van der Waals surface area contributed by atoms with Crippen LogP contribution in [0.3, 0.4) is 0 Å². The van der Waals surface area contributed by atoms with E-state index in [0.717, 1.165) is 32.8 Å². The average molecular weight is 416 g/mol. The first kappa shape index (κ1) is 27.1. The smallest absolute Gasteiger partial charge is 0.239 e. The van der Waals surface area contributed by atoms with Gasteiger partial charge in [-0.1, -0.05) is 13.8 Å². The highest BCUT2D eigenvalue weighted by atomic mass is 35.5. The molecule has 1 saturated heterocycles. The zero-order valence-corrected chi connectivity index (χ0v) is 16.9. The molecule has 0 saturated carbocycles. The molecule has 0 spiro atoms. The van der Waals surface area contributed by atoms with Gasteiger partial charge in [0, 0.05) is 26.2 Å². The molecule has 0 aromatic heterocycles. The number of nitrogens with one attached hydrogen (secondary N) is 3. The second-order valence-electron chi connectivity index (χ2n) is 6.07. The molecule has 11 heteroatoms. The third-order valence-corrected chi connectivity index (χ3v) is 3.74. The van der Waals surface area contributed by atoms with Crippen LogP contribution in [0.1, 0.15) is 13.8 Å². The molecule has 1 aliphatic heterocycles. The van der Waals surface area contributed by atoms with Crippen molar-refractivity contribution in [3.8, 4) is 0 Å². The Hall–Kier alpha value is -1.13. The highest BCUT2D eigenvalue weighted by Gasteiger charge is 2.17. The van der Waals surface area contributed by atoms with Gasteiger partial charge >= 0.3 is 0 Å². The Labute approximate surface area is 166 Å². The normalized spacial score (nSPS) is 15.2. The molecule has 3 amide bonds. The molecule has 1 fully saturated rings. The van der Waals surface area contributed by atoms with Crippen LogP contribution >= 0.6 is 24.8 Å². The van der Waals surface area contributed by atoms with Crippen LogP contribution in [0.15, 0.2) is 0 Å². The lowest BCUT2D eigenvalue weighted by Crippen LogP contribution is -2.48. The number of morpholine rings is 1. The molecular weight excluding hydrogens is 385 g/mol. The predicted octanol–water partition coefficient (Wildman–Crippen LogP) is -1.51. The fraction of sp³-hybridized carbons (Fsp3) is 0.800. The summed E-state index contributed by atoms with van der Waals surface area (Å²) in [6.45, 7) is 7.79. The molecule has 0 aliphatic carbocycles. The Morgan fingerprint density at radius 3 is 2.12 bits per heavy atom. The van der Waals surface area contributed by atoms with Crippen molar-refractivity contribution in [2.75, 3.05) is 52.5 Å². The molecule has 0 radical (unpaired) electrons. The van der Waals surface area contributed by atoms with Crippen LogP contribution in [-0.4, -0.2) is 81.1 Å². The van der Waals surface area contributed by atoms with Crippen molar-refractivity contribution in [3.05, 3.63) is 0 Å². The second-order valence-corrected chi connectivity index (χ2v) is 6.07. The van der Waals surface area contributed by atoms with Crippen molar-refractivity contribution < 1.29 is 19.1 Å². The van der Waals surface area contributed by atoms with E-state index < -0.39 is 11.9 Å². The average Bonchev–Trinajstić information content (AvgIpc) is 2.58. The molecular formula is C15H31Cl2N5O4. The van der Waals surface area contributed by atoms with Gasteiger partial charge < -0.3 is 26.4 Å². The Morgan fingerprint density at radius 1 is 1.00 bits per heavy atom. The lowest BCUT2D eigenvalue weighted by atomic mass is 10.1. The molecule has 154 valence electrons. The van der Waals surface area contributed by atoms with Crippen LogP contribution in [0.5, 0.6) is 0 Å². The Morgan fingerprint density at radius 2 is 1.54 bits per heavy atom. The number of hydrogen-bond donors (Lipinski definition) is 4. The monoisotopic (exact) mass is 415 g/mol. The van der Waals surface area contributed by atoms with Gasteiger partial charge in [-0.25, -0.2) is 0 Å². The van der Waals surface area contributed by atoms with E-state index in [2.05, 4.69) is 20.9 Å². The fourth-order valence-electron chi connectivity index (χ4n) is 2.07. The van der Waals surface area contributed by atoms with E-state index >= 15 is 0 Å². The highest BCUT2D eigenvalue weighted by molar-refractivity contribution is 5.89. The minimum Gasteiger partial charge on any atom is -0.379 e. The number of hydrogen-bond acceptors (Lipinski definition) is 6. The summed E-state index contributed by atoms with van der Waals surface area (Å²) < 4.78 is 5.25. The van der Waals surface area contributed by atoms with Gasteiger partial charge in [-0.15, -0.1) is 24.8 Å². The van der Waals surface area contributed by atoms with Crippen molar-refractivity contribution in [2.45, 2.75) is 19.9 Å². The summed E-state index contributed by atoms with van der Waals surface area (Å²) >= 11 is 0. The third kappa shape index (κ3) is 11.5. The van der Waals surface area contributed by atoms with Gasteiger partial charge in [0.05, 0.1) is 32.3 Å². The van der Waals surface area contributed by atoms with E-state index in [9.17, 15) is 14.4 Å². The highest BCUT2D eigenvalue weighted by Crippen LogP contribution is 1.97. The van der Waals surface area contributed by atoms with E-state index in [-0.39, 0.29) is 55.6 Å². The number of carbonyl (C=O) groups excluding carboxylic acids is 3. The van der Waals surface area contributed by atoms with Gasteiger partial charge in [0.15, 0.2) is 0 Å². The fourth-order valence-corrected chi connectivity index (χ4v) is 2.07. The first-order valence-corrected chi connectivity index (χ1v) is 8.27. The second kappa shape index (κ2) is 15.0. The summed E-state index contributed by atoms with van der Waals surface area (Å²) in [6, 6.07) is -0.652. The standard InChI is InChI=1S/C15H29N5O4.2ClH/c1-11(2)14(16)15(23)19-10-13(22)18-9-12(21)17-3-4-20-5-7-24-8-6-20;;/h11,14H,3-10,16H2,1-2H3,(H,17,21)(H,18,22)(H,19,23);2*1H/t14-;;/m0../s1. The number of carbonyl (C=O) groups is 3. The molecule has 0 bridgehead atoms. The number of halogens is 2. The van der Waals surface area contributed by atoms with Gasteiger partial charge in [0.25, 0.3) is 0 Å². The van der Waals surface area contributed by atoms with Crippen LogP contribution < -0.4 is 21.7 Å². The molecule has 0 unspecified atom stereocenters. The van der Waals surface area contributed by atoms with Crippen LogP contribution in [0, 0.1) is 5.92 Å². The van der Waals surface area contributed by atoms with Gasteiger partial charge in [0.1, 0.15) is 0 Å². The molecule has 0 aromatic rings. The molecule has 0 aromatic carbocycles. The van der Waals surface area contributed by atoms with Crippen LogP contribution in [0.25, 0.3) is 0 Å².